The molecule has 2 N–H and O–H groups in total. The fourth-order valence-electron chi connectivity index (χ4n) is 4.47. The van der Waals surface area contributed by atoms with Crippen molar-refractivity contribution in [3.05, 3.63) is 83.7 Å². The van der Waals surface area contributed by atoms with Crippen LogP contribution in [-0.2, 0) is 6.54 Å². The highest BCUT2D eigenvalue weighted by Gasteiger charge is 2.21. The van der Waals surface area contributed by atoms with Gasteiger partial charge in [0.15, 0.2) is 0 Å². The molecule has 2 aromatic heterocycles. The molecular formula is C26H26F2N4. The van der Waals surface area contributed by atoms with Crippen LogP contribution in [0.2, 0.25) is 0 Å². The Morgan fingerprint density at radius 1 is 1.00 bits per heavy atom. The Labute approximate surface area is 186 Å². The number of aromatic amines is 1. The molecule has 1 aliphatic rings. The van der Waals surface area contributed by atoms with E-state index < -0.39 is 0 Å². The number of piperidine rings is 1. The summed E-state index contributed by atoms with van der Waals surface area (Å²) in [6, 6.07) is 15.4. The minimum atomic E-state index is -0.271. The SMILES string of the molecule is CN1CCC(c2cc3c(-c4cc(NCc5ccc(F)cc5)ccc4F)ccnc3[nH]2)CC1. The zero-order valence-electron chi connectivity index (χ0n) is 18.0. The normalized spacial score (nSPS) is 15.3. The third kappa shape index (κ3) is 4.23. The molecule has 0 saturated carbocycles. The maximum absolute atomic E-state index is 14.9. The highest BCUT2D eigenvalue weighted by molar-refractivity contribution is 5.94. The van der Waals surface area contributed by atoms with Gasteiger partial charge in [0.25, 0.3) is 0 Å². The van der Waals surface area contributed by atoms with Gasteiger partial charge >= 0.3 is 0 Å². The minimum Gasteiger partial charge on any atom is -0.381 e. The fourth-order valence-corrected chi connectivity index (χ4v) is 4.47. The maximum Gasteiger partial charge on any atom is 0.138 e. The lowest BCUT2D eigenvalue weighted by Crippen LogP contribution is -2.29. The van der Waals surface area contributed by atoms with Gasteiger partial charge in [-0.15, -0.1) is 0 Å². The predicted molar refractivity (Wildman–Crippen MR) is 125 cm³/mol. The van der Waals surface area contributed by atoms with E-state index in [4.69, 9.17) is 0 Å². The number of fused-ring (bicyclic) bond motifs is 1. The number of hydrogen-bond acceptors (Lipinski definition) is 3. The summed E-state index contributed by atoms with van der Waals surface area (Å²) in [7, 11) is 2.15. The Hall–Kier alpha value is -3.25. The van der Waals surface area contributed by atoms with Gasteiger partial charge in [0.05, 0.1) is 0 Å². The first-order valence-corrected chi connectivity index (χ1v) is 11.0. The van der Waals surface area contributed by atoms with Crippen molar-refractivity contribution in [2.24, 2.45) is 0 Å². The molecule has 4 nitrogen and oxygen atoms in total. The van der Waals surface area contributed by atoms with Gasteiger partial charge in [-0.1, -0.05) is 12.1 Å². The van der Waals surface area contributed by atoms with Gasteiger partial charge in [0, 0.05) is 41.0 Å². The number of pyridine rings is 1. The van der Waals surface area contributed by atoms with Crippen LogP contribution in [-0.4, -0.2) is 35.0 Å². The summed E-state index contributed by atoms with van der Waals surface area (Å²) in [4.78, 5) is 10.3. The number of likely N-dealkylation sites (tertiary alicyclic amines) is 1. The van der Waals surface area contributed by atoms with Gasteiger partial charge in [0.1, 0.15) is 17.3 Å². The van der Waals surface area contributed by atoms with Crippen molar-refractivity contribution in [2.75, 3.05) is 25.5 Å². The third-order valence-electron chi connectivity index (χ3n) is 6.38. The molecule has 32 heavy (non-hydrogen) atoms. The Morgan fingerprint density at radius 3 is 2.56 bits per heavy atom. The van der Waals surface area contributed by atoms with Crippen LogP contribution in [0.1, 0.15) is 30.0 Å². The lowest BCUT2D eigenvalue weighted by molar-refractivity contribution is 0.254. The summed E-state index contributed by atoms with van der Waals surface area (Å²) in [5.74, 6) is -0.0562. The Bertz CT molecular complexity index is 1220. The number of benzene rings is 2. The first kappa shape index (κ1) is 20.6. The monoisotopic (exact) mass is 432 g/mol. The van der Waals surface area contributed by atoms with Crippen molar-refractivity contribution in [3.8, 4) is 11.1 Å². The third-order valence-corrected chi connectivity index (χ3v) is 6.38. The van der Waals surface area contributed by atoms with Gasteiger partial charge in [-0.25, -0.2) is 13.8 Å². The number of hydrogen-bond donors (Lipinski definition) is 2. The Balaban J connectivity index is 1.44. The van der Waals surface area contributed by atoms with Gasteiger partial charge < -0.3 is 15.2 Å². The van der Waals surface area contributed by atoms with Crippen molar-refractivity contribution < 1.29 is 8.78 Å². The summed E-state index contributed by atoms with van der Waals surface area (Å²) < 4.78 is 28.0. The molecule has 5 rings (SSSR count). The maximum atomic E-state index is 14.9. The van der Waals surface area contributed by atoms with Crippen LogP contribution < -0.4 is 5.32 Å². The molecule has 0 atom stereocenters. The van der Waals surface area contributed by atoms with Crippen molar-refractivity contribution in [2.45, 2.75) is 25.3 Å². The molecule has 1 fully saturated rings. The van der Waals surface area contributed by atoms with Gasteiger partial charge in [-0.05, 0) is 86.6 Å². The first-order chi connectivity index (χ1) is 15.6. The standard InChI is InChI=1S/C26H26F2N4/c1-32-12-9-18(10-13-32)25-15-23-21(8-11-29-26(23)31-25)22-14-20(6-7-24(22)28)30-16-17-2-4-19(27)5-3-17/h2-8,11,14-15,18,30H,9-10,12-13,16H2,1H3,(H,29,31). The molecule has 4 aromatic rings. The smallest absolute Gasteiger partial charge is 0.138 e. The predicted octanol–water partition coefficient (Wildman–Crippen LogP) is 5.93. The molecular weight excluding hydrogens is 406 g/mol. The van der Waals surface area contributed by atoms with Crippen LogP contribution in [0.15, 0.2) is 60.8 Å². The largest absolute Gasteiger partial charge is 0.381 e. The molecule has 1 aliphatic heterocycles. The molecule has 0 amide bonds. The van der Waals surface area contributed by atoms with E-state index in [9.17, 15) is 8.78 Å². The lowest BCUT2D eigenvalue weighted by atomic mass is 9.93. The second-order valence-corrected chi connectivity index (χ2v) is 8.60. The quantitative estimate of drug-likeness (QED) is 0.411. The van der Waals surface area contributed by atoms with E-state index in [-0.39, 0.29) is 11.6 Å². The van der Waals surface area contributed by atoms with E-state index >= 15 is 0 Å². The zero-order valence-corrected chi connectivity index (χ0v) is 18.0. The van der Waals surface area contributed by atoms with E-state index in [0.717, 1.165) is 53.8 Å². The number of halogens is 2. The van der Waals surface area contributed by atoms with Crippen LogP contribution >= 0.6 is 0 Å². The fraction of sp³-hybridized carbons (Fsp3) is 0.269. The van der Waals surface area contributed by atoms with E-state index in [1.165, 1.54) is 23.9 Å². The van der Waals surface area contributed by atoms with Crippen LogP contribution in [0.4, 0.5) is 14.5 Å². The van der Waals surface area contributed by atoms with Gasteiger partial charge in [-0.2, -0.15) is 0 Å². The first-order valence-electron chi connectivity index (χ1n) is 11.0. The molecule has 0 spiro atoms. The number of nitrogens with one attached hydrogen (secondary N) is 2. The minimum absolute atomic E-state index is 0.259. The molecule has 3 heterocycles. The summed E-state index contributed by atoms with van der Waals surface area (Å²) in [6.07, 6.45) is 3.94. The molecule has 1 saturated heterocycles. The molecule has 0 aliphatic carbocycles. The Morgan fingerprint density at radius 2 is 1.78 bits per heavy atom. The van der Waals surface area contributed by atoms with Gasteiger partial charge in [0.2, 0.25) is 0 Å². The highest BCUT2D eigenvalue weighted by atomic mass is 19.1. The molecule has 0 radical (unpaired) electrons. The van der Waals surface area contributed by atoms with Crippen LogP contribution in [0.25, 0.3) is 22.2 Å². The van der Waals surface area contributed by atoms with Crippen LogP contribution in [0, 0.1) is 11.6 Å². The van der Waals surface area contributed by atoms with E-state index in [0.29, 0.717) is 18.0 Å². The summed E-state index contributed by atoms with van der Waals surface area (Å²) in [5.41, 5.74) is 5.10. The van der Waals surface area contributed by atoms with Crippen molar-refractivity contribution in [3.63, 3.8) is 0 Å². The summed E-state index contributed by atoms with van der Waals surface area (Å²) >= 11 is 0. The van der Waals surface area contributed by atoms with Crippen LogP contribution in [0.5, 0.6) is 0 Å². The lowest BCUT2D eigenvalue weighted by Gasteiger charge is -2.28. The second kappa shape index (κ2) is 8.71. The molecule has 6 heteroatoms. The number of anilines is 1. The van der Waals surface area contributed by atoms with Crippen molar-refractivity contribution in [1.29, 1.82) is 0 Å². The van der Waals surface area contributed by atoms with E-state index in [1.54, 1.807) is 24.4 Å². The topological polar surface area (TPSA) is 44.0 Å². The molecule has 2 aromatic carbocycles. The zero-order chi connectivity index (χ0) is 22.1. The average molecular weight is 433 g/mol. The highest BCUT2D eigenvalue weighted by Crippen LogP contribution is 2.35. The number of H-pyrrole nitrogens is 1. The average Bonchev–Trinajstić information content (AvgIpc) is 3.25. The van der Waals surface area contributed by atoms with E-state index in [1.807, 2.05) is 12.1 Å². The summed E-state index contributed by atoms with van der Waals surface area (Å²) in [5, 5.41) is 4.25. The van der Waals surface area contributed by atoms with Crippen LogP contribution in [0.3, 0.4) is 0 Å². The number of rotatable bonds is 5. The number of nitrogens with zero attached hydrogens (tertiary/aromatic N) is 2. The molecule has 0 unspecified atom stereocenters. The number of aromatic nitrogens is 2. The second-order valence-electron chi connectivity index (χ2n) is 8.60. The van der Waals surface area contributed by atoms with Crippen molar-refractivity contribution in [1.82, 2.24) is 14.9 Å². The van der Waals surface area contributed by atoms with Gasteiger partial charge in [-0.3, -0.25) is 0 Å². The van der Waals surface area contributed by atoms with Crippen molar-refractivity contribution >= 4 is 16.7 Å². The van der Waals surface area contributed by atoms with E-state index in [2.05, 4.69) is 33.3 Å². The summed E-state index contributed by atoms with van der Waals surface area (Å²) in [6.45, 7) is 2.69. The molecule has 0 bridgehead atoms. The Kier molecular flexibility index (Phi) is 5.62. The molecule has 164 valence electrons.